The first kappa shape index (κ1) is 21.3. The molecule has 0 aromatic heterocycles. The molecule has 1 aromatic carbocycles. The molecule has 1 unspecified atom stereocenters. The van der Waals surface area contributed by atoms with Gasteiger partial charge in [-0.15, -0.1) is 12.4 Å². The van der Waals surface area contributed by atoms with Crippen LogP contribution >= 0.6 is 12.4 Å². The average molecular weight is 393 g/mol. The van der Waals surface area contributed by atoms with Gasteiger partial charge in [0.25, 0.3) is 5.69 Å². The molecule has 0 aliphatic carbocycles. The van der Waals surface area contributed by atoms with Crippen molar-refractivity contribution in [2.45, 2.75) is 11.3 Å². The van der Waals surface area contributed by atoms with E-state index in [2.05, 4.69) is 0 Å². The minimum absolute atomic E-state index is 0. The van der Waals surface area contributed by atoms with Gasteiger partial charge in [-0.25, -0.2) is 8.42 Å². The number of nitro groups is 1. The fourth-order valence-electron chi connectivity index (χ4n) is 2.56. The second-order valence-electron chi connectivity index (χ2n) is 5.75. The molecule has 2 rings (SSSR count). The van der Waals surface area contributed by atoms with E-state index in [1.165, 1.54) is 25.2 Å². The Morgan fingerprint density at radius 3 is 2.72 bits per heavy atom. The maximum atomic E-state index is 12.5. The number of nitrogens with zero attached hydrogens (tertiary/aromatic N) is 3. The van der Waals surface area contributed by atoms with E-state index in [0.717, 1.165) is 16.8 Å². The lowest BCUT2D eigenvalue weighted by atomic mass is 10.1. The number of hydrogen-bond acceptors (Lipinski definition) is 6. The molecular weight excluding hydrogens is 372 g/mol. The zero-order chi connectivity index (χ0) is 17.9. The van der Waals surface area contributed by atoms with E-state index in [1.54, 1.807) is 4.90 Å². The van der Waals surface area contributed by atoms with Gasteiger partial charge in [0.05, 0.1) is 16.4 Å². The van der Waals surface area contributed by atoms with Crippen molar-refractivity contribution in [3.8, 4) is 0 Å². The summed E-state index contributed by atoms with van der Waals surface area (Å²) in [5.41, 5.74) is 5.26. The maximum absolute atomic E-state index is 12.5. The summed E-state index contributed by atoms with van der Waals surface area (Å²) < 4.78 is 25.9. The highest BCUT2D eigenvalue weighted by Gasteiger charge is 2.29. The number of nitrogens with two attached hydrogens (primary N) is 1. The van der Waals surface area contributed by atoms with Gasteiger partial charge >= 0.3 is 0 Å². The van der Waals surface area contributed by atoms with E-state index in [-0.39, 0.29) is 41.4 Å². The molecular formula is C14H21ClN4O5S. The molecule has 0 saturated carbocycles. The first-order chi connectivity index (χ1) is 11.3. The summed E-state index contributed by atoms with van der Waals surface area (Å²) in [5, 5.41) is 10.8. The van der Waals surface area contributed by atoms with Crippen molar-refractivity contribution < 1.29 is 18.1 Å². The Kier molecular flexibility index (Phi) is 7.29. The molecule has 1 atom stereocenters. The normalized spacial score (nSPS) is 17.4. The molecule has 1 aromatic rings. The molecule has 0 radical (unpaired) electrons. The second-order valence-corrected chi connectivity index (χ2v) is 7.79. The summed E-state index contributed by atoms with van der Waals surface area (Å²) in [4.78, 5) is 23.7. The number of likely N-dealkylation sites (N-methyl/N-ethyl adjacent to an activating group) is 1. The Morgan fingerprint density at radius 2 is 2.16 bits per heavy atom. The van der Waals surface area contributed by atoms with Crippen LogP contribution in [0.3, 0.4) is 0 Å². The number of hydrogen-bond donors (Lipinski definition) is 1. The lowest BCUT2D eigenvalue weighted by molar-refractivity contribution is -0.385. The molecule has 1 aliphatic heterocycles. The first-order valence-electron chi connectivity index (χ1n) is 7.44. The van der Waals surface area contributed by atoms with Crippen LogP contribution < -0.4 is 5.73 Å². The lowest BCUT2D eigenvalue weighted by Gasteiger charge is -2.21. The van der Waals surface area contributed by atoms with E-state index >= 15 is 0 Å². The third-order valence-corrected chi connectivity index (χ3v) is 5.87. The number of non-ortho nitro benzene ring substituents is 1. The van der Waals surface area contributed by atoms with Crippen molar-refractivity contribution in [3.05, 3.63) is 34.4 Å². The van der Waals surface area contributed by atoms with Gasteiger partial charge in [0.2, 0.25) is 15.9 Å². The van der Waals surface area contributed by atoms with Gasteiger partial charge in [-0.2, -0.15) is 4.31 Å². The molecule has 1 amide bonds. The number of benzene rings is 1. The highest BCUT2D eigenvalue weighted by Crippen LogP contribution is 2.21. The topological polar surface area (TPSA) is 127 Å². The first-order valence-corrected chi connectivity index (χ1v) is 8.88. The molecule has 0 bridgehead atoms. The van der Waals surface area contributed by atoms with Gasteiger partial charge in [0.15, 0.2) is 0 Å². The van der Waals surface area contributed by atoms with Crippen LogP contribution in [0.4, 0.5) is 5.69 Å². The van der Waals surface area contributed by atoms with Crippen LogP contribution in [0.1, 0.15) is 6.42 Å². The predicted octanol–water partition coefficient (Wildman–Crippen LogP) is 0.444. The van der Waals surface area contributed by atoms with Gasteiger partial charge in [-0.3, -0.25) is 14.9 Å². The van der Waals surface area contributed by atoms with Crippen molar-refractivity contribution >= 4 is 34.0 Å². The van der Waals surface area contributed by atoms with Crippen molar-refractivity contribution in [1.82, 2.24) is 9.21 Å². The molecule has 25 heavy (non-hydrogen) atoms. The number of carbonyl (C=O) groups excluding carboxylic acids is 1. The molecule has 0 spiro atoms. The third kappa shape index (κ3) is 4.88. The Labute approximate surface area is 152 Å². The zero-order valence-corrected chi connectivity index (χ0v) is 15.3. The van der Waals surface area contributed by atoms with E-state index in [0.29, 0.717) is 19.6 Å². The van der Waals surface area contributed by atoms with Crippen LogP contribution in [0, 0.1) is 16.0 Å². The second kappa shape index (κ2) is 8.56. The van der Waals surface area contributed by atoms with Crippen LogP contribution in [0.25, 0.3) is 0 Å². The average Bonchev–Trinajstić information content (AvgIpc) is 3.04. The van der Waals surface area contributed by atoms with E-state index < -0.39 is 14.9 Å². The summed E-state index contributed by atoms with van der Waals surface area (Å²) in [6.07, 6.45) is 0.809. The molecule has 11 heteroatoms. The Bertz CT molecular complexity index is 742. The van der Waals surface area contributed by atoms with Crippen LogP contribution in [0.2, 0.25) is 0 Å². The fraction of sp³-hybridized carbons (Fsp3) is 0.500. The van der Waals surface area contributed by atoms with Crippen molar-refractivity contribution in [3.63, 3.8) is 0 Å². The standard InChI is InChI=1S/C14H20N4O5S.ClH/c1-16(10-14(19)17-6-5-11(8-15)9-17)24(22,23)13-4-2-3-12(7-13)18(20)21;/h2-4,7,11H,5-6,8-10,15H2,1H3;1H. The summed E-state index contributed by atoms with van der Waals surface area (Å²) in [6.45, 7) is 1.26. The number of rotatable bonds is 6. The fourth-order valence-corrected chi connectivity index (χ4v) is 3.72. The summed E-state index contributed by atoms with van der Waals surface area (Å²) in [7, 11) is -2.70. The molecule has 2 N–H and O–H groups in total. The van der Waals surface area contributed by atoms with Gasteiger partial charge in [-0.1, -0.05) is 6.07 Å². The number of amides is 1. The number of likely N-dealkylation sites (tertiary alicyclic amines) is 1. The molecule has 1 fully saturated rings. The van der Waals surface area contributed by atoms with Crippen molar-refractivity contribution in [2.24, 2.45) is 11.7 Å². The Balaban J connectivity index is 0.00000312. The Morgan fingerprint density at radius 1 is 1.48 bits per heavy atom. The highest BCUT2D eigenvalue weighted by molar-refractivity contribution is 7.89. The van der Waals surface area contributed by atoms with Gasteiger partial charge in [-0.05, 0) is 24.9 Å². The largest absolute Gasteiger partial charge is 0.341 e. The molecule has 1 aliphatic rings. The van der Waals surface area contributed by atoms with Gasteiger partial charge in [0.1, 0.15) is 0 Å². The SMILES string of the molecule is CN(CC(=O)N1CCC(CN)C1)S(=O)(=O)c1cccc([N+](=O)[O-])c1.Cl. The summed E-state index contributed by atoms with van der Waals surface area (Å²) >= 11 is 0. The van der Waals surface area contributed by atoms with E-state index in [9.17, 15) is 23.3 Å². The number of sulfonamides is 1. The minimum atomic E-state index is -3.98. The quantitative estimate of drug-likeness (QED) is 0.553. The van der Waals surface area contributed by atoms with Gasteiger partial charge in [0, 0.05) is 32.3 Å². The number of carbonyl (C=O) groups is 1. The monoisotopic (exact) mass is 392 g/mol. The van der Waals surface area contributed by atoms with Crippen LogP contribution in [-0.2, 0) is 14.8 Å². The maximum Gasteiger partial charge on any atom is 0.270 e. The summed E-state index contributed by atoms with van der Waals surface area (Å²) in [6, 6.07) is 4.76. The molecule has 140 valence electrons. The van der Waals surface area contributed by atoms with E-state index in [4.69, 9.17) is 5.73 Å². The number of nitro benzene ring substituents is 1. The van der Waals surface area contributed by atoms with E-state index in [1.807, 2.05) is 0 Å². The third-order valence-electron chi connectivity index (χ3n) is 4.07. The Hall–Kier alpha value is -1.75. The van der Waals surface area contributed by atoms with Crippen molar-refractivity contribution in [2.75, 3.05) is 33.2 Å². The smallest absolute Gasteiger partial charge is 0.270 e. The van der Waals surface area contributed by atoms with Crippen LogP contribution in [0.15, 0.2) is 29.2 Å². The van der Waals surface area contributed by atoms with Crippen molar-refractivity contribution in [1.29, 1.82) is 0 Å². The number of halogens is 1. The zero-order valence-electron chi connectivity index (χ0n) is 13.7. The molecule has 9 nitrogen and oxygen atoms in total. The lowest BCUT2D eigenvalue weighted by Crippen LogP contribution is -2.40. The minimum Gasteiger partial charge on any atom is -0.341 e. The van der Waals surface area contributed by atoms with Crippen LogP contribution in [-0.4, -0.2) is 61.7 Å². The van der Waals surface area contributed by atoms with Gasteiger partial charge < -0.3 is 10.6 Å². The molecule has 1 heterocycles. The van der Waals surface area contributed by atoms with Crippen LogP contribution in [0.5, 0.6) is 0 Å². The predicted molar refractivity (Wildman–Crippen MR) is 93.9 cm³/mol. The highest BCUT2D eigenvalue weighted by atomic mass is 35.5. The molecule has 1 saturated heterocycles. The summed E-state index contributed by atoms with van der Waals surface area (Å²) in [5.74, 6) is -0.0601.